The molecule has 0 aromatic rings. The Balaban J connectivity index is 3.69. The highest BCUT2D eigenvalue weighted by molar-refractivity contribution is 5.93. The second-order valence-corrected chi connectivity index (χ2v) is 1.14. The number of carbonyl (C=O) groups excluding carboxylic acids is 2. The van der Waals surface area contributed by atoms with Crippen molar-refractivity contribution in [3.05, 3.63) is 0 Å². The van der Waals surface area contributed by atoms with E-state index >= 15 is 0 Å². The Morgan fingerprint density at radius 3 is 2.38 bits per heavy atom. The lowest BCUT2D eigenvalue weighted by Crippen LogP contribution is -2.31. The Kier molecular flexibility index (Phi) is 2.79. The summed E-state index contributed by atoms with van der Waals surface area (Å²) >= 11 is 0. The average molecular weight is 116 g/mol. The Morgan fingerprint density at radius 1 is 1.88 bits per heavy atom. The van der Waals surface area contributed by atoms with Crippen molar-refractivity contribution in [1.82, 2.24) is 0 Å². The normalized spacial score (nSPS) is 12.6. The van der Waals surface area contributed by atoms with E-state index in [2.05, 4.69) is 10.5 Å². The van der Waals surface area contributed by atoms with E-state index in [1.54, 1.807) is 0 Å². The van der Waals surface area contributed by atoms with Crippen LogP contribution in [-0.2, 0) is 14.3 Å². The minimum atomic E-state index is -1.21. The van der Waals surface area contributed by atoms with Crippen molar-refractivity contribution in [3.63, 3.8) is 0 Å². The second kappa shape index (κ2) is 3.15. The molecule has 0 heterocycles. The first-order valence-corrected chi connectivity index (χ1v) is 1.92. The summed E-state index contributed by atoms with van der Waals surface area (Å²) in [4.78, 5) is 19.6. The molecule has 0 fully saturated rings. The Bertz CT molecular complexity index is 101. The maximum Gasteiger partial charge on any atom is 0.254 e. The molecule has 0 aliphatic heterocycles. The number of hydrogen-bond acceptors (Lipinski definition) is 3. The van der Waals surface area contributed by atoms with Crippen LogP contribution < -0.4 is 5.73 Å². The van der Waals surface area contributed by atoms with Gasteiger partial charge in [0.05, 0.1) is 0 Å². The van der Waals surface area contributed by atoms with Crippen LogP contribution in [0.2, 0.25) is 0 Å². The zero-order valence-electron chi connectivity index (χ0n) is 4.38. The van der Waals surface area contributed by atoms with Gasteiger partial charge in [-0.2, -0.15) is 0 Å². The van der Waals surface area contributed by atoms with Gasteiger partial charge >= 0.3 is 0 Å². The van der Waals surface area contributed by atoms with Gasteiger partial charge in [-0.05, 0) is 0 Å². The minimum absolute atomic E-state index is 0.817. The molecule has 1 amide bonds. The third kappa shape index (κ3) is 1.70. The van der Waals surface area contributed by atoms with E-state index < -0.39 is 12.0 Å². The third-order valence-corrected chi connectivity index (χ3v) is 0.601. The quantitative estimate of drug-likeness (QED) is 0.461. The molecular weight excluding hydrogens is 110 g/mol. The van der Waals surface area contributed by atoms with E-state index in [0.29, 0.717) is 0 Å². The third-order valence-electron chi connectivity index (χ3n) is 0.601. The Morgan fingerprint density at radius 2 is 2.38 bits per heavy atom. The average Bonchev–Trinajstić information content (AvgIpc) is 1.69. The van der Waals surface area contributed by atoms with E-state index in [1.807, 2.05) is 0 Å². The molecule has 45 valence electrons. The van der Waals surface area contributed by atoms with Gasteiger partial charge in [0.1, 0.15) is 0 Å². The summed E-state index contributed by atoms with van der Waals surface area (Å²) in [6.45, 7) is 0. The van der Waals surface area contributed by atoms with Crippen molar-refractivity contribution in [2.45, 2.75) is 6.10 Å². The molecule has 0 rings (SSSR count). The zero-order valence-corrected chi connectivity index (χ0v) is 4.38. The van der Waals surface area contributed by atoms with Crippen LogP contribution in [0.15, 0.2) is 0 Å². The molecule has 1 radical (unpaired) electrons. The fourth-order valence-electron chi connectivity index (χ4n) is 0.222. The van der Waals surface area contributed by atoms with Crippen LogP contribution >= 0.6 is 0 Å². The minimum Gasteiger partial charge on any atom is -0.367 e. The molecule has 0 aliphatic carbocycles. The monoisotopic (exact) mass is 116 g/mol. The molecule has 1 atom stereocenters. The van der Waals surface area contributed by atoms with Gasteiger partial charge in [-0.25, -0.2) is 0 Å². The van der Waals surface area contributed by atoms with Crippen LogP contribution in [0, 0.1) is 0 Å². The van der Waals surface area contributed by atoms with Crippen molar-refractivity contribution in [2.75, 3.05) is 7.11 Å². The van der Waals surface area contributed by atoms with E-state index in [4.69, 9.17) is 0 Å². The summed E-state index contributed by atoms with van der Waals surface area (Å²) in [5, 5.41) is 0. The molecule has 0 spiro atoms. The van der Waals surface area contributed by atoms with Crippen molar-refractivity contribution in [3.8, 4) is 0 Å². The second-order valence-electron chi connectivity index (χ2n) is 1.14. The predicted molar refractivity (Wildman–Crippen MR) is 25.7 cm³/mol. The van der Waals surface area contributed by atoms with Gasteiger partial charge in [0, 0.05) is 7.11 Å². The summed E-state index contributed by atoms with van der Waals surface area (Å²) in [5.41, 5.74) is 4.63. The van der Waals surface area contributed by atoms with Gasteiger partial charge in [-0.1, -0.05) is 0 Å². The van der Waals surface area contributed by atoms with Crippen LogP contribution in [0.25, 0.3) is 0 Å². The summed E-state index contributed by atoms with van der Waals surface area (Å²) in [6, 6.07) is 0. The number of nitrogens with two attached hydrogens (primary N) is 1. The number of primary amides is 1. The SMILES string of the molecule is COC([C]=O)C(N)=O. The number of rotatable bonds is 3. The lowest BCUT2D eigenvalue weighted by atomic mass is 10.4. The molecule has 1 unspecified atom stereocenters. The molecule has 0 saturated carbocycles. The van der Waals surface area contributed by atoms with Crippen molar-refractivity contribution in [1.29, 1.82) is 0 Å². The van der Waals surface area contributed by atoms with Crippen molar-refractivity contribution in [2.24, 2.45) is 5.73 Å². The highest BCUT2D eigenvalue weighted by atomic mass is 16.5. The first-order chi connectivity index (χ1) is 3.72. The van der Waals surface area contributed by atoms with Crippen molar-refractivity contribution >= 4 is 12.2 Å². The first-order valence-electron chi connectivity index (χ1n) is 1.92. The van der Waals surface area contributed by atoms with Crippen LogP contribution in [0.1, 0.15) is 0 Å². The number of hydrogen-bond donors (Lipinski definition) is 1. The van der Waals surface area contributed by atoms with Gasteiger partial charge in [0.25, 0.3) is 5.91 Å². The van der Waals surface area contributed by atoms with E-state index in [0.717, 1.165) is 0 Å². The summed E-state index contributed by atoms with van der Waals surface area (Å²) in [5.74, 6) is -0.817. The van der Waals surface area contributed by atoms with Crippen LogP contribution in [0.5, 0.6) is 0 Å². The first kappa shape index (κ1) is 7.10. The molecule has 8 heavy (non-hydrogen) atoms. The van der Waals surface area contributed by atoms with E-state index in [-0.39, 0.29) is 0 Å². The van der Waals surface area contributed by atoms with Gasteiger partial charge in [-0.15, -0.1) is 0 Å². The maximum absolute atomic E-state index is 10.00. The van der Waals surface area contributed by atoms with Gasteiger partial charge in [0.2, 0.25) is 12.4 Å². The highest BCUT2D eigenvalue weighted by Gasteiger charge is 2.11. The van der Waals surface area contributed by atoms with Crippen LogP contribution in [0.4, 0.5) is 0 Å². The van der Waals surface area contributed by atoms with Crippen LogP contribution in [0.3, 0.4) is 0 Å². The van der Waals surface area contributed by atoms with Crippen molar-refractivity contribution < 1.29 is 14.3 Å². The fraction of sp³-hybridized carbons (Fsp3) is 0.500. The molecule has 0 saturated heterocycles. The van der Waals surface area contributed by atoms with Gasteiger partial charge < -0.3 is 10.5 Å². The molecule has 0 aromatic carbocycles. The number of methoxy groups -OCH3 is 1. The predicted octanol–water partition coefficient (Wildman–Crippen LogP) is -1.40. The molecule has 0 bridgehead atoms. The largest absolute Gasteiger partial charge is 0.367 e. The number of amides is 1. The standard InChI is InChI=1S/C4H6NO3/c1-8-3(2-6)4(5)7/h3H,1H3,(H2,5,7). The number of carbonyl (C=O) groups is 1. The molecule has 0 aliphatic rings. The Hall–Kier alpha value is -0.900. The summed E-state index contributed by atoms with van der Waals surface area (Å²) in [6.07, 6.45) is 0.0914. The highest BCUT2D eigenvalue weighted by Crippen LogP contribution is 1.79. The van der Waals surface area contributed by atoms with Gasteiger partial charge in [0.15, 0.2) is 0 Å². The Labute approximate surface area is 46.6 Å². The molecular formula is C4H6NO3. The molecule has 4 nitrogen and oxygen atoms in total. The fourth-order valence-corrected chi connectivity index (χ4v) is 0.222. The lowest BCUT2D eigenvalue weighted by molar-refractivity contribution is -0.124. The van der Waals surface area contributed by atoms with Crippen LogP contribution in [-0.4, -0.2) is 25.4 Å². The van der Waals surface area contributed by atoms with Gasteiger partial charge in [-0.3, -0.25) is 9.59 Å². The summed E-state index contributed by atoms with van der Waals surface area (Å²) in [7, 11) is 1.21. The lowest BCUT2D eigenvalue weighted by Gasteiger charge is -1.98. The maximum atomic E-state index is 10.00. The van der Waals surface area contributed by atoms with E-state index in [1.165, 1.54) is 13.4 Å². The number of ether oxygens (including phenoxy) is 1. The topological polar surface area (TPSA) is 69.4 Å². The molecule has 4 heteroatoms. The summed E-state index contributed by atoms with van der Waals surface area (Å²) < 4.78 is 4.26. The smallest absolute Gasteiger partial charge is 0.254 e. The van der Waals surface area contributed by atoms with E-state index in [9.17, 15) is 9.59 Å². The zero-order chi connectivity index (χ0) is 6.57. The molecule has 2 N–H and O–H groups in total. The molecule has 0 aromatic heterocycles.